The summed E-state index contributed by atoms with van der Waals surface area (Å²) >= 11 is 0. The Morgan fingerprint density at radius 1 is 1.03 bits per heavy atom. The van der Waals surface area contributed by atoms with Crippen LogP contribution in [0.15, 0.2) is 42.5 Å². The van der Waals surface area contributed by atoms with Crippen LogP contribution in [-0.4, -0.2) is 7.11 Å². The van der Waals surface area contributed by atoms with Crippen LogP contribution in [-0.2, 0) is 17.4 Å². The number of nitriles is 1. The molecule has 0 N–H and O–H groups in total. The summed E-state index contributed by atoms with van der Waals surface area (Å²) in [5, 5.41) is 9.19. The maximum Gasteiger partial charge on any atom is 0.127 e. The third-order valence-corrected chi connectivity index (χ3v) is 6.21. The molecule has 0 fully saturated rings. The van der Waals surface area contributed by atoms with Crippen LogP contribution in [0, 0.1) is 11.3 Å². The predicted octanol–water partition coefficient (Wildman–Crippen LogP) is 6.55. The van der Waals surface area contributed by atoms with Crippen molar-refractivity contribution in [2.75, 3.05) is 7.11 Å². The first-order valence-corrected chi connectivity index (χ1v) is 10.2. The lowest BCUT2D eigenvalue weighted by atomic mass is 9.62. The Morgan fingerprint density at radius 3 is 2.17 bits per heavy atom. The molecule has 0 radical (unpaired) electrons. The van der Waals surface area contributed by atoms with Crippen molar-refractivity contribution in [3.05, 3.63) is 64.7 Å². The number of rotatable bonds is 5. The van der Waals surface area contributed by atoms with Gasteiger partial charge in [-0.2, -0.15) is 5.26 Å². The largest absolute Gasteiger partial charge is 0.497 e. The van der Waals surface area contributed by atoms with Gasteiger partial charge in [-0.1, -0.05) is 39.8 Å². The summed E-state index contributed by atoms with van der Waals surface area (Å²) < 4.78 is 11.5. The molecule has 0 heterocycles. The lowest BCUT2D eigenvalue weighted by Gasteiger charge is -2.42. The van der Waals surface area contributed by atoms with Gasteiger partial charge in [-0.15, -0.1) is 0 Å². The van der Waals surface area contributed by atoms with E-state index in [2.05, 4.69) is 45.9 Å². The van der Waals surface area contributed by atoms with Crippen molar-refractivity contribution in [2.24, 2.45) is 0 Å². The fourth-order valence-corrected chi connectivity index (χ4v) is 4.08. The van der Waals surface area contributed by atoms with Gasteiger partial charge >= 0.3 is 0 Å². The van der Waals surface area contributed by atoms with E-state index in [0.717, 1.165) is 41.0 Å². The second-order valence-electron chi connectivity index (χ2n) is 9.25. The minimum absolute atomic E-state index is 0.106. The third-order valence-electron chi connectivity index (χ3n) is 6.21. The fourth-order valence-electron chi connectivity index (χ4n) is 4.08. The van der Waals surface area contributed by atoms with E-state index in [0.29, 0.717) is 6.61 Å². The lowest BCUT2D eigenvalue weighted by Crippen LogP contribution is -2.34. The van der Waals surface area contributed by atoms with Crippen molar-refractivity contribution in [1.29, 1.82) is 5.26 Å². The Morgan fingerprint density at radius 2 is 1.62 bits per heavy atom. The number of fused-ring (bicyclic) bond motifs is 1. The van der Waals surface area contributed by atoms with E-state index in [1.807, 2.05) is 31.2 Å². The summed E-state index contributed by atoms with van der Waals surface area (Å²) in [5.41, 5.74) is 5.95. The molecule has 3 heteroatoms. The van der Waals surface area contributed by atoms with Gasteiger partial charge in [-0.25, -0.2) is 0 Å². The van der Waals surface area contributed by atoms with Gasteiger partial charge in [0.2, 0.25) is 0 Å². The lowest BCUT2D eigenvalue weighted by molar-refractivity contribution is 0.297. The molecule has 0 bridgehead atoms. The van der Waals surface area contributed by atoms with Crippen LogP contribution in [0.5, 0.6) is 11.5 Å². The van der Waals surface area contributed by atoms with E-state index in [1.54, 1.807) is 13.2 Å². The first-order valence-electron chi connectivity index (χ1n) is 10.2. The second kappa shape index (κ2) is 7.95. The summed E-state index contributed by atoms with van der Waals surface area (Å²) in [6.07, 6.45) is 3.90. The third kappa shape index (κ3) is 4.32. The average molecular weight is 390 g/mol. The van der Waals surface area contributed by atoms with E-state index < -0.39 is 0 Å². The minimum Gasteiger partial charge on any atom is -0.497 e. The summed E-state index contributed by atoms with van der Waals surface area (Å²) in [4.78, 5) is 0. The van der Waals surface area contributed by atoms with Crippen molar-refractivity contribution < 1.29 is 9.47 Å². The molecule has 0 saturated heterocycles. The number of ether oxygens (including phenoxy) is 2. The van der Waals surface area contributed by atoms with Gasteiger partial charge < -0.3 is 9.47 Å². The van der Waals surface area contributed by atoms with Gasteiger partial charge in [-0.3, -0.25) is 0 Å². The topological polar surface area (TPSA) is 42.2 Å². The summed E-state index contributed by atoms with van der Waals surface area (Å²) in [5.74, 6) is 1.68. The Kier molecular flexibility index (Phi) is 5.75. The highest BCUT2D eigenvalue weighted by Crippen LogP contribution is 2.48. The molecule has 152 valence electrons. The summed E-state index contributed by atoms with van der Waals surface area (Å²) in [7, 11) is 1.67. The SMILES string of the molecule is COc1ccc(COc2cc3c(cc2C(C)=CC#N)C(C)(C)CCC3(C)C)cc1. The van der Waals surface area contributed by atoms with Crippen LogP contribution < -0.4 is 9.47 Å². The van der Waals surface area contributed by atoms with Crippen molar-refractivity contribution >= 4 is 5.57 Å². The van der Waals surface area contributed by atoms with Crippen LogP contribution in [0.25, 0.3) is 5.57 Å². The van der Waals surface area contributed by atoms with Crippen LogP contribution in [0.3, 0.4) is 0 Å². The van der Waals surface area contributed by atoms with Crippen LogP contribution >= 0.6 is 0 Å². The molecule has 29 heavy (non-hydrogen) atoms. The highest BCUT2D eigenvalue weighted by molar-refractivity contribution is 5.73. The van der Waals surface area contributed by atoms with Crippen molar-refractivity contribution in [1.82, 2.24) is 0 Å². The molecule has 0 amide bonds. The molecule has 2 aromatic carbocycles. The van der Waals surface area contributed by atoms with Crippen molar-refractivity contribution in [2.45, 2.75) is 64.9 Å². The zero-order valence-electron chi connectivity index (χ0n) is 18.4. The fraction of sp³-hybridized carbons (Fsp3) is 0.423. The van der Waals surface area contributed by atoms with Gasteiger partial charge in [0.05, 0.1) is 13.2 Å². The van der Waals surface area contributed by atoms with Gasteiger partial charge in [0.15, 0.2) is 0 Å². The molecule has 1 aliphatic carbocycles. The standard InChI is InChI=1S/C26H31NO2/c1-18(11-14-27)21-15-22-23(26(4,5)13-12-25(22,2)3)16-24(21)29-17-19-7-9-20(28-6)10-8-19/h7-11,15-16H,12-13,17H2,1-6H3. The first kappa shape index (κ1) is 21.0. The smallest absolute Gasteiger partial charge is 0.127 e. The monoisotopic (exact) mass is 389 g/mol. The maximum absolute atomic E-state index is 9.19. The molecular weight excluding hydrogens is 358 g/mol. The summed E-state index contributed by atoms with van der Waals surface area (Å²) in [6, 6.07) is 14.5. The van der Waals surface area contributed by atoms with Crippen LogP contribution in [0.4, 0.5) is 0 Å². The van der Waals surface area contributed by atoms with Gasteiger partial charge in [0, 0.05) is 11.6 Å². The van der Waals surface area contributed by atoms with Crippen molar-refractivity contribution in [3.8, 4) is 17.6 Å². The Hall–Kier alpha value is -2.73. The van der Waals surface area contributed by atoms with Crippen LogP contribution in [0.2, 0.25) is 0 Å². The van der Waals surface area contributed by atoms with Gasteiger partial charge in [0.25, 0.3) is 0 Å². The van der Waals surface area contributed by atoms with Crippen molar-refractivity contribution in [3.63, 3.8) is 0 Å². The molecule has 1 aliphatic rings. The Bertz CT molecular complexity index is 959. The molecule has 0 saturated carbocycles. The number of allylic oxidation sites excluding steroid dienone is 2. The Labute approximate surface area is 175 Å². The average Bonchev–Trinajstić information content (AvgIpc) is 2.70. The predicted molar refractivity (Wildman–Crippen MR) is 118 cm³/mol. The molecular formula is C26H31NO2. The highest BCUT2D eigenvalue weighted by atomic mass is 16.5. The minimum atomic E-state index is 0.106. The molecule has 0 unspecified atom stereocenters. The molecule has 0 aromatic heterocycles. The zero-order valence-corrected chi connectivity index (χ0v) is 18.4. The van der Waals surface area contributed by atoms with E-state index in [9.17, 15) is 5.26 Å². The quantitative estimate of drug-likeness (QED) is 0.545. The molecule has 0 aliphatic heterocycles. The van der Waals surface area contributed by atoms with Gasteiger partial charge in [0.1, 0.15) is 18.1 Å². The Balaban J connectivity index is 2.04. The number of methoxy groups -OCH3 is 1. The zero-order chi connectivity index (χ0) is 21.2. The number of hydrogen-bond acceptors (Lipinski definition) is 3. The van der Waals surface area contributed by atoms with E-state index in [-0.39, 0.29) is 10.8 Å². The van der Waals surface area contributed by atoms with Crippen LogP contribution in [0.1, 0.15) is 69.7 Å². The molecule has 0 atom stereocenters. The first-order chi connectivity index (χ1) is 13.7. The second-order valence-corrected chi connectivity index (χ2v) is 9.25. The van der Waals surface area contributed by atoms with E-state index >= 15 is 0 Å². The number of nitrogens with zero attached hydrogens (tertiary/aromatic N) is 1. The van der Waals surface area contributed by atoms with Gasteiger partial charge in [-0.05, 0) is 77.1 Å². The number of benzene rings is 2. The van der Waals surface area contributed by atoms with E-state index in [1.165, 1.54) is 11.1 Å². The highest BCUT2D eigenvalue weighted by Gasteiger charge is 2.38. The summed E-state index contributed by atoms with van der Waals surface area (Å²) in [6.45, 7) is 11.7. The maximum atomic E-state index is 9.19. The molecule has 3 nitrogen and oxygen atoms in total. The molecule has 0 spiro atoms. The number of hydrogen-bond donors (Lipinski definition) is 0. The van der Waals surface area contributed by atoms with E-state index in [4.69, 9.17) is 9.47 Å². The molecule has 2 aromatic rings. The normalized spacial score (nSPS) is 17.2. The molecule has 3 rings (SSSR count).